The molecule has 1 aromatic carbocycles. The Hall–Kier alpha value is -0.140. The molecule has 0 amide bonds. The Balaban J connectivity index is 3.08. The van der Waals surface area contributed by atoms with Crippen molar-refractivity contribution >= 4 is 39.7 Å². The van der Waals surface area contributed by atoms with Gasteiger partial charge in [0.2, 0.25) is 0 Å². The Morgan fingerprint density at radius 3 is 2.53 bits per heavy atom. The molecule has 1 atom stereocenters. The third-order valence-electron chi connectivity index (χ3n) is 2.06. The lowest BCUT2D eigenvalue weighted by Crippen LogP contribution is -2.26. The molecule has 1 aromatic rings. The second-order valence-electron chi connectivity index (χ2n) is 4.66. The number of halogens is 2. The third kappa shape index (κ3) is 4.22. The van der Waals surface area contributed by atoms with Gasteiger partial charge in [0, 0.05) is 9.13 Å². The van der Waals surface area contributed by atoms with Gasteiger partial charge in [-0.1, -0.05) is 4.40 Å². The molecule has 0 radical (unpaired) electrons. The number of hydrogen-bond acceptors (Lipinski definition) is 2. The van der Waals surface area contributed by atoms with Gasteiger partial charge in [-0.15, -0.1) is 0 Å². The van der Waals surface area contributed by atoms with E-state index in [1.54, 1.807) is 19.1 Å². The van der Waals surface area contributed by atoms with Crippen LogP contribution in [0.3, 0.4) is 0 Å². The molecule has 0 N–H and O–H groups in total. The van der Waals surface area contributed by atoms with E-state index in [4.69, 9.17) is 0 Å². The van der Waals surface area contributed by atoms with Gasteiger partial charge in [-0.25, -0.2) is 4.39 Å². The standard InChI is InChI=1S/C12H15FINOS/c1-8(15-17(16)12(2,3)4)10-7-9(14)5-6-11(10)13/h5-7H,1-4H3/b15-8-. The molecule has 0 spiro atoms. The zero-order chi connectivity index (χ0) is 13.2. The van der Waals surface area contributed by atoms with E-state index in [0.717, 1.165) is 3.57 Å². The van der Waals surface area contributed by atoms with Crippen LogP contribution in [-0.2, 0) is 11.4 Å². The van der Waals surface area contributed by atoms with Crippen LogP contribution in [0.25, 0.3) is 0 Å². The average Bonchev–Trinajstić information content (AvgIpc) is 2.20. The minimum Gasteiger partial charge on any atom is -0.591 e. The van der Waals surface area contributed by atoms with Crippen molar-refractivity contribution in [3.05, 3.63) is 33.1 Å². The molecular weight excluding hydrogens is 352 g/mol. The molecule has 1 rings (SSSR count). The first kappa shape index (κ1) is 14.9. The summed E-state index contributed by atoms with van der Waals surface area (Å²) in [7, 11) is 0. The lowest BCUT2D eigenvalue weighted by molar-refractivity contribution is 0.561. The maximum Gasteiger partial charge on any atom is 0.144 e. The first-order valence-corrected chi connectivity index (χ1v) is 7.33. The molecule has 0 aliphatic rings. The van der Waals surface area contributed by atoms with Crippen LogP contribution >= 0.6 is 22.6 Å². The predicted octanol–water partition coefficient (Wildman–Crippen LogP) is 3.70. The minimum absolute atomic E-state index is 0.336. The van der Waals surface area contributed by atoms with Crippen molar-refractivity contribution in [1.82, 2.24) is 0 Å². The Morgan fingerprint density at radius 2 is 2.00 bits per heavy atom. The Morgan fingerprint density at radius 1 is 1.41 bits per heavy atom. The monoisotopic (exact) mass is 367 g/mol. The molecule has 17 heavy (non-hydrogen) atoms. The highest BCUT2D eigenvalue weighted by atomic mass is 127. The van der Waals surface area contributed by atoms with E-state index in [2.05, 4.69) is 27.0 Å². The van der Waals surface area contributed by atoms with Gasteiger partial charge in [0.05, 0.1) is 5.71 Å². The van der Waals surface area contributed by atoms with E-state index >= 15 is 0 Å². The lowest BCUT2D eigenvalue weighted by atomic mass is 10.1. The van der Waals surface area contributed by atoms with Crippen molar-refractivity contribution in [2.75, 3.05) is 0 Å². The van der Waals surface area contributed by atoms with Gasteiger partial charge in [0.1, 0.15) is 21.9 Å². The summed E-state index contributed by atoms with van der Waals surface area (Å²) in [5, 5.41) is 0. The van der Waals surface area contributed by atoms with Crippen LogP contribution in [0.1, 0.15) is 33.3 Å². The van der Waals surface area contributed by atoms with E-state index in [0.29, 0.717) is 11.3 Å². The van der Waals surface area contributed by atoms with Gasteiger partial charge in [-0.3, -0.25) is 0 Å². The van der Waals surface area contributed by atoms with Crippen molar-refractivity contribution in [3.8, 4) is 0 Å². The van der Waals surface area contributed by atoms with Crippen LogP contribution in [0.4, 0.5) is 4.39 Å². The smallest absolute Gasteiger partial charge is 0.144 e. The van der Waals surface area contributed by atoms with E-state index in [1.807, 2.05) is 20.8 Å². The van der Waals surface area contributed by atoms with Crippen molar-refractivity contribution < 1.29 is 8.94 Å². The van der Waals surface area contributed by atoms with E-state index < -0.39 is 16.1 Å². The van der Waals surface area contributed by atoms with Crippen LogP contribution in [0.2, 0.25) is 0 Å². The summed E-state index contributed by atoms with van der Waals surface area (Å²) in [6.07, 6.45) is 0. The average molecular weight is 367 g/mol. The summed E-state index contributed by atoms with van der Waals surface area (Å²) in [5.41, 5.74) is 0.878. The van der Waals surface area contributed by atoms with E-state index in [9.17, 15) is 8.94 Å². The Labute approximate surface area is 118 Å². The van der Waals surface area contributed by atoms with Gasteiger partial charge in [0.25, 0.3) is 0 Å². The van der Waals surface area contributed by atoms with Crippen LogP contribution in [0, 0.1) is 9.39 Å². The van der Waals surface area contributed by atoms with E-state index in [1.165, 1.54) is 6.07 Å². The fourth-order valence-corrected chi connectivity index (χ4v) is 2.20. The van der Waals surface area contributed by atoms with Crippen LogP contribution in [0.5, 0.6) is 0 Å². The molecule has 5 heteroatoms. The minimum atomic E-state index is -1.36. The highest BCUT2D eigenvalue weighted by molar-refractivity contribution is 14.1. The molecule has 0 heterocycles. The van der Waals surface area contributed by atoms with Gasteiger partial charge in [0.15, 0.2) is 0 Å². The number of rotatable bonds is 2. The van der Waals surface area contributed by atoms with Gasteiger partial charge in [-0.05, 0) is 68.5 Å². The third-order valence-corrected chi connectivity index (χ3v) is 4.22. The highest BCUT2D eigenvalue weighted by Crippen LogP contribution is 2.20. The van der Waals surface area contributed by atoms with Crippen LogP contribution in [-0.4, -0.2) is 15.0 Å². The van der Waals surface area contributed by atoms with Crippen molar-refractivity contribution in [2.24, 2.45) is 4.40 Å². The summed E-state index contributed by atoms with van der Waals surface area (Å²) in [5.74, 6) is -0.336. The second kappa shape index (κ2) is 5.67. The fraction of sp³-hybridized carbons (Fsp3) is 0.417. The molecule has 0 saturated carbocycles. The first-order chi connectivity index (χ1) is 7.71. The summed E-state index contributed by atoms with van der Waals surface area (Å²) in [6.45, 7) is 7.19. The molecule has 1 unspecified atom stereocenters. The summed E-state index contributed by atoms with van der Waals surface area (Å²) < 4.78 is 30.0. The molecule has 94 valence electrons. The number of hydrogen-bond donors (Lipinski definition) is 0. The summed E-state index contributed by atoms with van der Waals surface area (Å²) in [6, 6.07) is 4.79. The largest absolute Gasteiger partial charge is 0.591 e. The Kier molecular flexibility index (Phi) is 4.97. The lowest BCUT2D eigenvalue weighted by Gasteiger charge is -2.18. The van der Waals surface area contributed by atoms with Crippen LogP contribution in [0.15, 0.2) is 22.6 Å². The molecule has 0 aliphatic carbocycles. The summed E-state index contributed by atoms with van der Waals surface area (Å²) >= 11 is 0.744. The van der Waals surface area contributed by atoms with Crippen molar-refractivity contribution in [2.45, 2.75) is 32.4 Å². The molecule has 0 saturated heterocycles. The number of nitrogens with zero attached hydrogens (tertiary/aromatic N) is 1. The van der Waals surface area contributed by atoms with Gasteiger partial charge < -0.3 is 4.55 Å². The van der Waals surface area contributed by atoms with E-state index in [-0.39, 0.29) is 5.82 Å². The molecule has 2 nitrogen and oxygen atoms in total. The maximum atomic E-state index is 13.6. The second-order valence-corrected chi connectivity index (χ2v) is 7.81. The van der Waals surface area contributed by atoms with Gasteiger partial charge in [-0.2, -0.15) is 0 Å². The Bertz CT molecular complexity index is 443. The molecule has 0 aliphatic heterocycles. The fourth-order valence-electron chi connectivity index (χ4n) is 1.09. The zero-order valence-corrected chi connectivity index (χ0v) is 13.2. The molecule has 0 fully saturated rings. The normalized spacial score (nSPS) is 14.9. The highest BCUT2D eigenvalue weighted by Gasteiger charge is 2.27. The topological polar surface area (TPSA) is 35.4 Å². The predicted molar refractivity (Wildman–Crippen MR) is 79.2 cm³/mol. The maximum absolute atomic E-state index is 13.6. The summed E-state index contributed by atoms with van der Waals surface area (Å²) in [4.78, 5) is 0. The van der Waals surface area contributed by atoms with Crippen molar-refractivity contribution in [1.29, 1.82) is 0 Å². The molecular formula is C12H15FINOS. The molecule has 0 bridgehead atoms. The quantitative estimate of drug-likeness (QED) is 0.446. The van der Waals surface area contributed by atoms with Crippen molar-refractivity contribution in [3.63, 3.8) is 0 Å². The van der Waals surface area contributed by atoms with Crippen LogP contribution < -0.4 is 0 Å². The number of benzene rings is 1. The zero-order valence-electron chi connectivity index (χ0n) is 10.3. The van der Waals surface area contributed by atoms with Gasteiger partial charge >= 0.3 is 0 Å². The SMILES string of the molecule is C/C(=N/[S+]([O-])C(C)(C)C)c1cc(I)ccc1F. The molecule has 0 aromatic heterocycles. The first-order valence-electron chi connectivity index (χ1n) is 5.14.